The molecule has 0 saturated heterocycles. The molecular formula is C17H18N4O2S. The van der Waals surface area contributed by atoms with E-state index in [1.807, 2.05) is 13.0 Å². The smallest absolute Gasteiger partial charge is 0.251 e. The van der Waals surface area contributed by atoms with Gasteiger partial charge in [0.25, 0.3) is 5.56 Å². The second-order valence-corrected chi connectivity index (χ2v) is 6.53. The van der Waals surface area contributed by atoms with E-state index in [1.165, 1.54) is 17.8 Å². The monoisotopic (exact) mass is 342 g/mol. The number of carbonyl (C=O) groups is 1. The fraction of sp³-hybridized carbons (Fsp3) is 0.294. The van der Waals surface area contributed by atoms with Crippen LogP contribution in [0.3, 0.4) is 0 Å². The van der Waals surface area contributed by atoms with Crippen LogP contribution in [0.2, 0.25) is 0 Å². The van der Waals surface area contributed by atoms with E-state index in [2.05, 4.69) is 15.3 Å². The summed E-state index contributed by atoms with van der Waals surface area (Å²) in [5, 5.41) is 11.7. The van der Waals surface area contributed by atoms with Crippen molar-refractivity contribution < 1.29 is 4.79 Å². The van der Waals surface area contributed by atoms with Crippen LogP contribution in [0, 0.1) is 11.3 Å². The summed E-state index contributed by atoms with van der Waals surface area (Å²) in [7, 11) is 0. The number of hydrogen-bond donors (Lipinski definition) is 2. The van der Waals surface area contributed by atoms with Crippen molar-refractivity contribution in [3.63, 3.8) is 0 Å². The molecule has 0 aliphatic carbocycles. The molecule has 1 atom stereocenters. The minimum absolute atomic E-state index is 0.224. The molecule has 0 saturated carbocycles. The number of para-hydroxylation sites is 1. The van der Waals surface area contributed by atoms with Gasteiger partial charge in [-0.2, -0.15) is 5.26 Å². The van der Waals surface area contributed by atoms with Crippen molar-refractivity contribution in [2.24, 2.45) is 0 Å². The maximum atomic E-state index is 12.3. The zero-order valence-electron chi connectivity index (χ0n) is 13.5. The summed E-state index contributed by atoms with van der Waals surface area (Å²) < 4.78 is 0. The highest BCUT2D eigenvalue weighted by atomic mass is 32.2. The average molecular weight is 342 g/mol. The van der Waals surface area contributed by atoms with E-state index >= 15 is 0 Å². The van der Waals surface area contributed by atoms with E-state index in [4.69, 9.17) is 5.26 Å². The Bertz CT molecular complexity index is 826. The number of aryl methyl sites for hydroxylation is 1. The van der Waals surface area contributed by atoms with Gasteiger partial charge in [0.05, 0.1) is 16.5 Å². The lowest BCUT2D eigenvalue weighted by Gasteiger charge is -2.12. The fourth-order valence-electron chi connectivity index (χ4n) is 2.07. The Kier molecular flexibility index (Phi) is 6.15. The van der Waals surface area contributed by atoms with Crippen LogP contribution in [0.15, 0.2) is 40.3 Å². The lowest BCUT2D eigenvalue weighted by molar-refractivity contribution is -0.115. The average Bonchev–Trinajstić information content (AvgIpc) is 2.55. The first kappa shape index (κ1) is 17.8. The third-order valence-electron chi connectivity index (χ3n) is 3.24. The Labute approximate surface area is 144 Å². The number of H-pyrrole nitrogens is 1. The molecule has 2 aromatic rings. The van der Waals surface area contributed by atoms with Gasteiger partial charge < -0.3 is 10.3 Å². The summed E-state index contributed by atoms with van der Waals surface area (Å²) in [6.07, 6.45) is 1.61. The molecule has 6 nitrogen and oxygen atoms in total. The summed E-state index contributed by atoms with van der Waals surface area (Å²) in [6, 6.07) is 10.3. The van der Waals surface area contributed by atoms with Gasteiger partial charge >= 0.3 is 0 Å². The molecule has 0 fully saturated rings. The van der Waals surface area contributed by atoms with E-state index in [0.29, 0.717) is 28.5 Å². The van der Waals surface area contributed by atoms with Crippen LogP contribution < -0.4 is 10.9 Å². The quantitative estimate of drug-likeness (QED) is 0.621. The van der Waals surface area contributed by atoms with Gasteiger partial charge in [-0.15, -0.1) is 0 Å². The van der Waals surface area contributed by atoms with E-state index in [-0.39, 0.29) is 11.5 Å². The van der Waals surface area contributed by atoms with Crippen molar-refractivity contribution in [2.45, 2.75) is 37.1 Å². The number of hydrogen-bond acceptors (Lipinski definition) is 5. The lowest BCUT2D eigenvalue weighted by atomic mass is 10.2. The van der Waals surface area contributed by atoms with E-state index < -0.39 is 5.25 Å². The zero-order valence-corrected chi connectivity index (χ0v) is 14.3. The van der Waals surface area contributed by atoms with Crippen LogP contribution in [0.1, 0.15) is 31.5 Å². The maximum absolute atomic E-state index is 12.3. The van der Waals surface area contributed by atoms with Gasteiger partial charge in [0, 0.05) is 11.8 Å². The number of carbonyl (C=O) groups excluding carboxylic acids is 1. The Morgan fingerprint density at radius 2 is 2.21 bits per heavy atom. The number of amides is 1. The van der Waals surface area contributed by atoms with Gasteiger partial charge in [0.15, 0.2) is 5.16 Å². The third kappa shape index (κ3) is 4.70. The largest absolute Gasteiger partial charge is 0.324 e. The molecule has 2 N–H and O–H groups in total. The van der Waals surface area contributed by atoms with Crippen LogP contribution in [0.25, 0.3) is 0 Å². The molecule has 2 rings (SSSR count). The number of nitrogens with zero attached hydrogens (tertiary/aromatic N) is 2. The summed E-state index contributed by atoms with van der Waals surface area (Å²) in [6.45, 7) is 3.74. The number of aromatic amines is 1. The van der Waals surface area contributed by atoms with E-state index in [0.717, 1.165) is 6.42 Å². The number of aromatic nitrogens is 2. The van der Waals surface area contributed by atoms with Crippen molar-refractivity contribution in [3.8, 4) is 6.07 Å². The van der Waals surface area contributed by atoms with Crippen LogP contribution >= 0.6 is 11.8 Å². The van der Waals surface area contributed by atoms with Crippen LogP contribution in [-0.2, 0) is 11.2 Å². The molecule has 1 aromatic heterocycles. The summed E-state index contributed by atoms with van der Waals surface area (Å²) in [4.78, 5) is 31.0. The van der Waals surface area contributed by atoms with Crippen molar-refractivity contribution in [1.29, 1.82) is 5.26 Å². The fourth-order valence-corrected chi connectivity index (χ4v) is 2.90. The summed E-state index contributed by atoms with van der Waals surface area (Å²) in [5.74, 6) is -0.258. The Hall–Kier alpha value is -2.59. The highest BCUT2D eigenvalue weighted by molar-refractivity contribution is 8.00. The van der Waals surface area contributed by atoms with E-state index in [9.17, 15) is 9.59 Å². The predicted octanol–water partition coefficient (Wildman–Crippen LogP) is 2.71. The summed E-state index contributed by atoms with van der Waals surface area (Å²) in [5.41, 5.74) is 1.36. The predicted molar refractivity (Wildman–Crippen MR) is 94.0 cm³/mol. The normalized spacial score (nSPS) is 11.5. The highest BCUT2D eigenvalue weighted by Gasteiger charge is 2.17. The van der Waals surface area contributed by atoms with Crippen molar-refractivity contribution in [1.82, 2.24) is 9.97 Å². The molecule has 124 valence electrons. The van der Waals surface area contributed by atoms with Gasteiger partial charge in [-0.3, -0.25) is 9.59 Å². The SMILES string of the molecule is CCCc1cc(=O)[nH]c(SC(C)C(=O)Nc2ccccc2C#N)n1. The van der Waals surface area contributed by atoms with Crippen molar-refractivity contribution in [3.05, 3.63) is 51.9 Å². The minimum atomic E-state index is -0.475. The Morgan fingerprint density at radius 3 is 2.92 bits per heavy atom. The van der Waals surface area contributed by atoms with E-state index in [1.54, 1.807) is 31.2 Å². The Balaban J connectivity index is 2.09. The standard InChI is InChI=1S/C17H18N4O2S/c1-3-6-13-9-15(22)21-17(19-13)24-11(2)16(23)20-14-8-5-4-7-12(14)10-18/h4-5,7-9,11H,3,6H2,1-2H3,(H,20,23)(H,19,21,22). The molecule has 0 aliphatic rings. The molecule has 1 heterocycles. The number of thioether (sulfide) groups is 1. The lowest BCUT2D eigenvalue weighted by Crippen LogP contribution is -2.23. The molecule has 0 aliphatic heterocycles. The number of nitriles is 1. The third-order valence-corrected chi connectivity index (χ3v) is 4.23. The molecule has 1 amide bonds. The van der Waals surface area contributed by atoms with Gasteiger partial charge in [-0.05, 0) is 25.5 Å². The van der Waals surface area contributed by atoms with Crippen LogP contribution in [0.4, 0.5) is 5.69 Å². The molecule has 0 radical (unpaired) electrons. The van der Waals surface area contributed by atoms with Crippen molar-refractivity contribution >= 4 is 23.4 Å². The second kappa shape index (κ2) is 8.31. The molecule has 24 heavy (non-hydrogen) atoms. The molecule has 1 aromatic carbocycles. The van der Waals surface area contributed by atoms with Gasteiger partial charge in [0.2, 0.25) is 5.91 Å². The zero-order chi connectivity index (χ0) is 17.5. The van der Waals surface area contributed by atoms with Gasteiger partial charge in [0.1, 0.15) is 6.07 Å². The molecule has 1 unspecified atom stereocenters. The van der Waals surface area contributed by atoms with Gasteiger partial charge in [-0.1, -0.05) is 37.2 Å². The first-order valence-electron chi connectivity index (χ1n) is 7.60. The van der Waals surface area contributed by atoms with Gasteiger partial charge in [-0.25, -0.2) is 4.98 Å². The number of benzene rings is 1. The number of nitrogens with one attached hydrogen (secondary N) is 2. The topological polar surface area (TPSA) is 98.6 Å². The first-order valence-corrected chi connectivity index (χ1v) is 8.48. The van der Waals surface area contributed by atoms with Crippen LogP contribution in [0.5, 0.6) is 0 Å². The molecule has 0 bridgehead atoms. The molecular weight excluding hydrogens is 324 g/mol. The highest BCUT2D eigenvalue weighted by Crippen LogP contribution is 2.21. The van der Waals surface area contributed by atoms with Crippen molar-refractivity contribution in [2.75, 3.05) is 5.32 Å². The molecule has 7 heteroatoms. The number of anilines is 1. The summed E-state index contributed by atoms with van der Waals surface area (Å²) >= 11 is 1.18. The minimum Gasteiger partial charge on any atom is -0.324 e. The maximum Gasteiger partial charge on any atom is 0.251 e. The first-order chi connectivity index (χ1) is 11.5. The second-order valence-electron chi connectivity index (χ2n) is 5.20. The number of rotatable bonds is 6. The van der Waals surface area contributed by atoms with Crippen LogP contribution in [-0.4, -0.2) is 21.1 Å². The Morgan fingerprint density at radius 1 is 1.46 bits per heavy atom. The molecule has 0 spiro atoms.